The van der Waals surface area contributed by atoms with E-state index in [2.05, 4.69) is 22.6 Å². The summed E-state index contributed by atoms with van der Waals surface area (Å²) in [5.41, 5.74) is 1.66. The Labute approximate surface area is 108 Å². The maximum Gasteiger partial charge on any atom is 0.163 e. The zero-order valence-corrected chi connectivity index (χ0v) is 11.2. The lowest BCUT2D eigenvalue weighted by Gasteiger charge is -1.96. The second-order valence-corrected chi connectivity index (χ2v) is 4.89. The molecule has 0 bridgehead atoms. The molecule has 0 aliphatic heterocycles. The zero-order chi connectivity index (χ0) is 11.7. The third-order valence-electron chi connectivity index (χ3n) is 2.41. The largest absolute Gasteiger partial charge is 0.461 e. The van der Waals surface area contributed by atoms with E-state index in [1.54, 1.807) is 6.92 Å². The fraction of sp³-hybridized carbons (Fsp3) is 0.154. The van der Waals surface area contributed by atoms with Gasteiger partial charge in [0.05, 0.1) is 5.56 Å². The second kappa shape index (κ2) is 4.41. The van der Waals surface area contributed by atoms with Crippen LogP contribution in [0.3, 0.4) is 0 Å². The number of ketones is 1. The van der Waals surface area contributed by atoms with Crippen LogP contribution in [0.2, 0.25) is 0 Å². The van der Waals surface area contributed by atoms with Crippen LogP contribution in [0.15, 0.2) is 34.7 Å². The van der Waals surface area contributed by atoms with Crippen molar-refractivity contribution in [3.05, 3.63) is 45.2 Å². The van der Waals surface area contributed by atoms with Crippen molar-refractivity contribution >= 4 is 28.4 Å². The van der Waals surface area contributed by atoms with Crippen LogP contribution in [0.25, 0.3) is 11.3 Å². The molecule has 0 unspecified atom stereocenters. The molecule has 0 radical (unpaired) electrons. The fourth-order valence-electron chi connectivity index (χ4n) is 1.62. The predicted octanol–water partition coefficient (Wildman–Crippen LogP) is 4.06. The lowest BCUT2D eigenvalue weighted by Crippen LogP contribution is -1.90. The normalized spacial score (nSPS) is 10.4. The number of aryl methyl sites for hydroxylation is 1. The minimum atomic E-state index is 0.0399. The van der Waals surface area contributed by atoms with Crippen LogP contribution in [-0.2, 0) is 0 Å². The monoisotopic (exact) mass is 326 g/mol. The average molecular weight is 326 g/mol. The van der Waals surface area contributed by atoms with E-state index in [4.69, 9.17) is 4.42 Å². The Bertz CT molecular complexity index is 541. The summed E-state index contributed by atoms with van der Waals surface area (Å²) >= 11 is 2.25. The number of hydrogen-bond donors (Lipinski definition) is 0. The predicted molar refractivity (Wildman–Crippen MR) is 71.6 cm³/mol. The van der Waals surface area contributed by atoms with E-state index in [-0.39, 0.29) is 5.78 Å². The molecule has 2 rings (SSSR count). The Morgan fingerprint density at radius 1 is 1.31 bits per heavy atom. The van der Waals surface area contributed by atoms with E-state index in [1.807, 2.05) is 37.3 Å². The maximum atomic E-state index is 11.3. The van der Waals surface area contributed by atoms with Gasteiger partial charge in [0, 0.05) is 9.13 Å². The van der Waals surface area contributed by atoms with E-state index < -0.39 is 0 Å². The van der Waals surface area contributed by atoms with E-state index in [0.29, 0.717) is 11.3 Å². The highest BCUT2D eigenvalue weighted by Gasteiger charge is 2.12. The van der Waals surface area contributed by atoms with Gasteiger partial charge in [-0.05, 0) is 54.6 Å². The van der Waals surface area contributed by atoms with Crippen LogP contribution in [0.1, 0.15) is 23.0 Å². The number of furan rings is 1. The van der Waals surface area contributed by atoms with Crippen molar-refractivity contribution in [3.63, 3.8) is 0 Å². The zero-order valence-electron chi connectivity index (χ0n) is 9.08. The summed E-state index contributed by atoms with van der Waals surface area (Å²) in [7, 11) is 0. The first kappa shape index (κ1) is 11.4. The molecule has 16 heavy (non-hydrogen) atoms. The lowest BCUT2D eigenvalue weighted by atomic mass is 10.1. The topological polar surface area (TPSA) is 30.2 Å². The molecule has 0 spiro atoms. The van der Waals surface area contributed by atoms with Gasteiger partial charge in [-0.3, -0.25) is 4.79 Å². The molecule has 0 aliphatic carbocycles. The third kappa shape index (κ3) is 2.19. The van der Waals surface area contributed by atoms with Crippen molar-refractivity contribution in [2.75, 3.05) is 0 Å². The van der Waals surface area contributed by atoms with Crippen molar-refractivity contribution in [1.29, 1.82) is 0 Å². The second-order valence-electron chi connectivity index (χ2n) is 3.65. The minimum absolute atomic E-state index is 0.0399. The highest BCUT2D eigenvalue weighted by molar-refractivity contribution is 14.1. The average Bonchev–Trinajstić information content (AvgIpc) is 2.60. The molecule has 0 saturated carbocycles. The molecule has 0 fully saturated rings. The summed E-state index contributed by atoms with van der Waals surface area (Å²) in [6.07, 6.45) is 0. The van der Waals surface area contributed by atoms with Crippen LogP contribution in [-0.4, -0.2) is 5.78 Å². The van der Waals surface area contributed by atoms with Gasteiger partial charge in [0.15, 0.2) is 5.78 Å². The minimum Gasteiger partial charge on any atom is -0.461 e. The van der Waals surface area contributed by atoms with Crippen molar-refractivity contribution in [2.45, 2.75) is 13.8 Å². The van der Waals surface area contributed by atoms with Crippen molar-refractivity contribution in [1.82, 2.24) is 0 Å². The molecule has 1 heterocycles. The van der Waals surface area contributed by atoms with E-state index >= 15 is 0 Å². The first-order valence-corrected chi connectivity index (χ1v) is 6.03. The molecular weight excluding hydrogens is 315 g/mol. The number of Topliss-reactive ketones (excluding diaryl/α,β-unsaturated/α-hetero) is 1. The van der Waals surface area contributed by atoms with E-state index in [0.717, 1.165) is 14.9 Å². The summed E-state index contributed by atoms with van der Waals surface area (Å²) in [5.74, 6) is 1.47. The van der Waals surface area contributed by atoms with E-state index in [9.17, 15) is 4.79 Å². The molecule has 2 aromatic rings. The van der Waals surface area contributed by atoms with Gasteiger partial charge in [-0.1, -0.05) is 12.1 Å². The summed E-state index contributed by atoms with van der Waals surface area (Å²) in [6, 6.07) is 9.81. The third-order valence-corrected chi connectivity index (χ3v) is 3.08. The number of halogens is 1. The van der Waals surface area contributed by atoms with Gasteiger partial charge in [0.2, 0.25) is 0 Å². The van der Waals surface area contributed by atoms with Gasteiger partial charge in [-0.2, -0.15) is 0 Å². The molecular formula is C13H11IO2. The van der Waals surface area contributed by atoms with Gasteiger partial charge in [0.25, 0.3) is 0 Å². The van der Waals surface area contributed by atoms with Crippen LogP contribution in [0.4, 0.5) is 0 Å². The fourth-order valence-corrected chi connectivity index (χ4v) is 2.16. The van der Waals surface area contributed by atoms with Crippen LogP contribution in [0, 0.1) is 10.5 Å². The Morgan fingerprint density at radius 3 is 2.62 bits per heavy atom. The summed E-state index contributed by atoms with van der Waals surface area (Å²) in [4.78, 5) is 11.3. The van der Waals surface area contributed by atoms with Crippen LogP contribution in [0.5, 0.6) is 0 Å². The molecule has 1 aromatic heterocycles. The van der Waals surface area contributed by atoms with E-state index in [1.165, 1.54) is 0 Å². The SMILES string of the molecule is CC(=O)c1cc(-c2cccc(I)c2)oc1C. The molecule has 0 N–H and O–H groups in total. The number of carbonyl (C=O) groups is 1. The standard InChI is InChI=1S/C13H11IO2/c1-8(15)12-7-13(16-9(12)2)10-4-3-5-11(14)6-10/h3-7H,1-2H3. The first-order chi connectivity index (χ1) is 7.58. The molecule has 3 heteroatoms. The van der Waals surface area contributed by atoms with Gasteiger partial charge >= 0.3 is 0 Å². The first-order valence-electron chi connectivity index (χ1n) is 4.95. The number of carbonyl (C=O) groups excluding carboxylic acids is 1. The number of benzene rings is 1. The lowest BCUT2D eigenvalue weighted by molar-refractivity contribution is 0.101. The maximum absolute atomic E-state index is 11.3. The molecule has 0 aliphatic rings. The summed E-state index contributed by atoms with van der Waals surface area (Å²) in [6.45, 7) is 3.37. The molecule has 0 amide bonds. The highest BCUT2D eigenvalue weighted by Crippen LogP contribution is 2.26. The quantitative estimate of drug-likeness (QED) is 0.615. The Hall–Kier alpha value is -1.10. The van der Waals surface area contributed by atoms with Crippen molar-refractivity contribution < 1.29 is 9.21 Å². The summed E-state index contributed by atoms with van der Waals surface area (Å²) in [5, 5.41) is 0. The molecule has 82 valence electrons. The Balaban J connectivity index is 2.49. The molecule has 0 saturated heterocycles. The molecule has 0 atom stereocenters. The van der Waals surface area contributed by atoms with Crippen molar-refractivity contribution in [2.24, 2.45) is 0 Å². The number of rotatable bonds is 2. The molecule has 1 aromatic carbocycles. The van der Waals surface area contributed by atoms with Crippen LogP contribution < -0.4 is 0 Å². The van der Waals surface area contributed by atoms with Gasteiger partial charge in [-0.15, -0.1) is 0 Å². The van der Waals surface area contributed by atoms with Crippen LogP contribution >= 0.6 is 22.6 Å². The Morgan fingerprint density at radius 2 is 2.06 bits per heavy atom. The Kier molecular flexibility index (Phi) is 3.14. The number of hydrogen-bond acceptors (Lipinski definition) is 2. The highest BCUT2D eigenvalue weighted by atomic mass is 127. The van der Waals surface area contributed by atoms with Gasteiger partial charge < -0.3 is 4.42 Å². The summed E-state index contributed by atoms with van der Waals surface area (Å²) < 4.78 is 6.74. The molecule has 2 nitrogen and oxygen atoms in total. The smallest absolute Gasteiger partial charge is 0.163 e. The van der Waals surface area contributed by atoms with Crippen molar-refractivity contribution in [3.8, 4) is 11.3 Å². The van der Waals surface area contributed by atoms with Gasteiger partial charge in [0.1, 0.15) is 11.5 Å². The van der Waals surface area contributed by atoms with Gasteiger partial charge in [-0.25, -0.2) is 0 Å².